The van der Waals surface area contributed by atoms with E-state index in [4.69, 9.17) is 0 Å². The fourth-order valence-electron chi connectivity index (χ4n) is 3.28. The number of aryl methyl sites for hydroxylation is 2. The van der Waals surface area contributed by atoms with Crippen LogP contribution in [0.2, 0.25) is 0 Å². The van der Waals surface area contributed by atoms with Crippen molar-refractivity contribution in [2.24, 2.45) is 0 Å². The van der Waals surface area contributed by atoms with Crippen LogP contribution in [0.25, 0.3) is 16.9 Å². The number of nitrogens with zero attached hydrogens (tertiary/aromatic N) is 6. The third-order valence-electron chi connectivity index (χ3n) is 4.83. The number of aromatic nitrogens is 5. The monoisotopic (exact) mass is 374 g/mol. The zero-order valence-electron chi connectivity index (χ0n) is 16.2. The first-order chi connectivity index (χ1) is 13.6. The summed E-state index contributed by atoms with van der Waals surface area (Å²) in [5, 5.41) is 8.70. The topological polar surface area (TPSA) is 68.3 Å². The Bertz CT molecular complexity index is 1130. The van der Waals surface area contributed by atoms with Crippen molar-refractivity contribution >= 4 is 11.6 Å². The molecule has 142 valence electrons. The van der Waals surface area contributed by atoms with Crippen LogP contribution < -0.4 is 0 Å². The Morgan fingerprint density at radius 1 is 1.07 bits per heavy atom. The molecule has 7 nitrogen and oxygen atoms in total. The van der Waals surface area contributed by atoms with E-state index >= 15 is 0 Å². The van der Waals surface area contributed by atoms with Gasteiger partial charge in [-0.25, -0.2) is 9.50 Å². The number of benzene rings is 1. The first kappa shape index (κ1) is 17.9. The normalized spacial score (nSPS) is 11.1. The molecular weight excluding hydrogens is 352 g/mol. The van der Waals surface area contributed by atoms with Crippen molar-refractivity contribution in [3.05, 3.63) is 71.8 Å². The van der Waals surface area contributed by atoms with Gasteiger partial charge in [-0.05, 0) is 26.0 Å². The van der Waals surface area contributed by atoms with E-state index in [0.29, 0.717) is 17.8 Å². The zero-order valence-corrected chi connectivity index (χ0v) is 16.2. The summed E-state index contributed by atoms with van der Waals surface area (Å²) in [5.41, 5.74) is 5.15. The van der Waals surface area contributed by atoms with Gasteiger partial charge in [0.25, 0.3) is 5.91 Å². The standard InChI is InChI=1S/C21H22N6O/c1-4-26-17(9-12-23-26)14-25(3)21(28)18-13-24-27-19(10-11-22-20(18)27)16-7-5-15(2)6-8-16/h5-13H,4,14H2,1-3H3. The predicted molar refractivity (Wildman–Crippen MR) is 107 cm³/mol. The van der Waals surface area contributed by atoms with Crippen LogP contribution in [0.3, 0.4) is 0 Å². The van der Waals surface area contributed by atoms with Crippen molar-refractivity contribution in [1.82, 2.24) is 29.3 Å². The molecule has 1 amide bonds. The molecule has 28 heavy (non-hydrogen) atoms. The molecule has 3 heterocycles. The molecule has 3 aromatic heterocycles. The highest BCUT2D eigenvalue weighted by molar-refractivity contribution is 5.99. The van der Waals surface area contributed by atoms with Crippen LogP contribution in [-0.2, 0) is 13.1 Å². The Hall–Kier alpha value is -3.48. The lowest BCUT2D eigenvalue weighted by atomic mass is 10.1. The molecule has 4 aromatic rings. The maximum Gasteiger partial charge on any atom is 0.259 e. The number of carbonyl (C=O) groups excluding carboxylic acids is 1. The first-order valence-electron chi connectivity index (χ1n) is 9.24. The van der Waals surface area contributed by atoms with Crippen LogP contribution in [0.5, 0.6) is 0 Å². The van der Waals surface area contributed by atoms with E-state index in [2.05, 4.69) is 34.2 Å². The van der Waals surface area contributed by atoms with Crippen LogP contribution in [0, 0.1) is 6.92 Å². The van der Waals surface area contributed by atoms with Crippen molar-refractivity contribution in [2.45, 2.75) is 26.9 Å². The van der Waals surface area contributed by atoms with E-state index in [-0.39, 0.29) is 5.91 Å². The van der Waals surface area contributed by atoms with E-state index in [0.717, 1.165) is 23.5 Å². The van der Waals surface area contributed by atoms with E-state index < -0.39 is 0 Å². The molecule has 1 aromatic carbocycles. The molecule has 0 radical (unpaired) electrons. The van der Waals surface area contributed by atoms with Crippen LogP contribution >= 0.6 is 0 Å². The van der Waals surface area contributed by atoms with E-state index in [1.807, 2.05) is 35.9 Å². The van der Waals surface area contributed by atoms with Crippen molar-refractivity contribution in [1.29, 1.82) is 0 Å². The highest BCUT2D eigenvalue weighted by Crippen LogP contribution is 2.22. The smallest absolute Gasteiger partial charge is 0.259 e. The lowest BCUT2D eigenvalue weighted by Gasteiger charge is -2.17. The predicted octanol–water partition coefficient (Wildman–Crippen LogP) is 3.19. The minimum Gasteiger partial charge on any atom is -0.336 e. The molecule has 0 atom stereocenters. The Labute approximate surface area is 163 Å². The van der Waals surface area contributed by atoms with Gasteiger partial charge in [0.15, 0.2) is 5.65 Å². The van der Waals surface area contributed by atoms with Crippen LogP contribution in [0.1, 0.15) is 28.5 Å². The lowest BCUT2D eigenvalue weighted by molar-refractivity contribution is 0.0783. The summed E-state index contributed by atoms with van der Waals surface area (Å²) in [4.78, 5) is 19.1. The molecule has 0 spiro atoms. The molecule has 7 heteroatoms. The minimum atomic E-state index is -0.118. The largest absolute Gasteiger partial charge is 0.336 e. The van der Waals surface area contributed by atoms with Crippen LogP contribution in [0.15, 0.2) is 55.0 Å². The first-order valence-corrected chi connectivity index (χ1v) is 9.24. The number of hydrogen-bond acceptors (Lipinski definition) is 4. The number of carbonyl (C=O) groups is 1. The van der Waals surface area contributed by atoms with Gasteiger partial charge in [-0.15, -0.1) is 0 Å². The average Bonchev–Trinajstić information content (AvgIpc) is 3.34. The van der Waals surface area contributed by atoms with Crippen molar-refractivity contribution in [2.75, 3.05) is 7.05 Å². The highest BCUT2D eigenvalue weighted by atomic mass is 16.2. The number of fused-ring (bicyclic) bond motifs is 1. The Balaban J connectivity index is 1.67. The second kappa shape index (κ2) is 7.26. The molecule has 0 bridgehead atoms. The fourth-order valence-corrected chi connectivity index (χ4v) is 3.28. The molecule has 0 saturated heterocycles. The van der Waals surface area contributed by atoms with Gasteiger partial charge in [-0.3, -0.25) is 9.48 Å². The summed E-state index contributed by atoms with van der Waals surface area (Å²) in [7, 11) is 1.78. The van der Waals surface area contributed by atoms with Gasteiger partial charge in [-0.2, -0.15) is 10.2 Å². The Morgan fingerprint density at radius 3 is 2.61 bits per heavy atom. The molecule has 0 aliphatic rings. The van der Waals surface area contributed by atoms with Gasteiger partial charge in [0.05, 0.1) is 24.1 Å². The van der Waals surface area contributed by atoms with Gasteiger partial charge >= 0.3 is 0 Å². The SMILES string of the molecule is CCn1nccc1CN(C)C(=O)c1cnn2c(-c3ccc(C)cc3)ccnc12. The molecule has 0 fully saturated rings. The summed E-state index contributed by atoms with van der Waals surface area (Å²) in [6, 6.07) is 12.0. The molecular formula is C21H22N6O. The summed E-state index contributed by atoms with van der Waals surface area (Å²) in [6.07, 6.45) is 5.06. The third kappa shape index (κ3) is 3.15. The summed E-state index contributed by atoms with van der Waals surface area (Å²) < 4.78 is 3.61. The van der Waals surface area contributed by atoms with Gasteiger partial charge < -0.3 is 4.90 Å². The van der Waals surface area contributed by atoms with Crippen LogP contribution in [0.4, 0.5) is 0 Å². The second-order valence-electron chi connectivity index (χ2n) is 6.79. The minimum absolute atomic E-state index is 0.118. The Kier molecular flexibility index (Phi) is 4.65. The van der Waals surface area contributed by atoms with Crippen molar-refractivity contribution in [3.63, 3.8) is 0 Å². The highest BCUT2D eigenvalue weighted by Gasteiger charge is 2.20. The molecule has 0 aliphatic carbocycles. The summed E-state index contributed by atoms with van der Waals surface area (Å²) in [5.74, 6) is -0.118. The van der Waals surface area contributed by atoms with Gasteiger partial charge in [0, 0.05) is 31.5 Å². The van der Waals surface area contributed by atoms with Gasteiger partial charge in [-0.1, -0.05) is 29.8 Å². The Morgan fingerprint density at radius 2 is 1.86 bits per heavy atom. The quantitative estimate of drug-likeness (QED) is 0.538. The molecule has 0 N–H and O–H groups in total. The maximum absolute atomic E-state index is 13.0. The van der Waals surface area contributed by atoms with Gasteiger partial charge in [0.1, 0.15) is 5.56 Å². The second-order valence-corrected chi connectivity index (χ2v) is 6.79. The maximum atomic E-state index is 13.0. The van der Waals surface area contributed by atoms with Crippen molar-refractivity contribution in [3.8, 4) is 11.3 Å². The average molecular weight is 374 g/mol. The molecule has 0 aliphatic heterocycles. The third-order valence-corrected chi connectivity index (χ3v) is 4.83. The zero-order chi connectivity index (χ0) is 19.7. The van der Waals surface area contributed by atoms with E-state index in [1.54, 1.807) is 35.1 Å². The molecule has 0 unspecified atom stereocenters. The number of hydrogen-bond donors (Lipinski definition) is 0. The number of rotatable bonds is 5. The summed E-state index contributed by atoms with van der Waals surface area (Å²) >= 11 is 0. The van der Waals surface area contributed by atoms with E-state index in [9.17, 15) is 4.79 Å². The van der Waals surface area contributed by atoms with Crippen molar-refractivity contribution < 1.29 is 4.79 Å². The fraction of sp³-hybridized carbons (Fsp3) is 0.238. The molecule has 4 rings (SSSR count). The summed E-state index contributed by atoms with van der Waals surface area (Å²) in [6.45, 7) is 5.32. The van der Waals surface area contributed by atoms with E-state index in [1.165, 1.54) is 5.56 Å². The number of amides is 1. The molecule has 0 saturated carbocycles. The lowest BCUT2D eigenvalue weighted by Crippen LogP contribution is -2.27. The van der Waals surface area contributed by atoms with Gasteiger partial charge in [0.2, 0.25) is 0 Å². The van der Waals surface area contributed by atoms with Crippen LogP contribution in [-0.4, -0.2) is 42.2 Å².